The van der Waals surface area contributed by atoms with Gasteiger partial charge < -0.3 is 4.74 Å². The van der Waals surface area contributed by atoms with Crippen LogP contribution >= 0.6 is 0 Å². The van der Waals surface area contributed by atoms with Crippen LogP contribution in [0, 0.1) is 0 Å². The average Bonchev–Trinajstić information content (AvgIpc) is 3.01. The van der Waals surface area contributed by atoms with Crippen LogP contribution in [0.4, 0.5) is 0 Å². The van der Waals surface area contributed by atoms with E-state index in [9.17, 15) is 4.79 Å². The summed E-state index contributed by atoms with van der Waals surface area (Å²) >= 11 is 0. The number of hydrogen-bond donors (Lipinski definition) is 0. The summed E-state index contributed by atoms with van der Waals surface area (Å²) in [5.74, 6) is 0.841. The van der Waals surface area contributed by atoms with Gasteiger partial charge in [0.2, 0.25) is 5.78 Å². The van der Waals surface area contributed by atoms with Crippen molar-refractivity contribution in [2.75, 3.05) is 6.61 Å². The fourth-order valence-corrected chi connectivity index (χ4v) is 2.67. The lowest BCUT2D eigenvalue weighted by Gasteiger charge is -2.04. The Morgan fingerprint density at radius 3 is 2.90 bits per heavy atom. The summed E-state index contributed by atoms with van der Waals surface area (Å²) in [6.07, 6.45) is 0.863. The molecule has 1 aromatic heterocycles. The molecule has 0 bridgehead atoms. The zero-order valence-electron chi connectivity index (χ0n) is 11.4. The SMILES string of the molecule is O=C(c1ccc2c(c1)CCO2)c1ccc2ccccc2n1. The predicted molar refractivity (Wildman–Crippen MR) is 80.8 cm³/mol. The molecule has 2 heterocycles. The van der Waals surface area contributed by atoms with Crippen LogP contribution < -0.4 is 4.74 Å². The largest absolute Gasteiger partial charge is 0.493 e. The molecule has 0 unspecified atom stereocenters. The summed E-state index contributed by atoms with van der Waals surface area (Å²) in [6.45, 7) is 0.696. The van der Waals surface area contributed by atoms with E-state index in [2.05, 4.69) is 4.98 Å². The number of para-hydroxylation sites is 1. The van der Waals surface area contributed by atoms with Gasteiger partial charge in [0, 0.05) is 17.4 Å². The van der Waals surface area contributed by atoms with Crippen LogP contribution in [0.25, 0.3) is 10.9 Å². The minimum absolute atomic E-state index is 0.0459. The van der Waals surface area contributed by atoms with Gasteiger partial charge in [0.25, 0.3) is 0 Å². The first kappa shape index (κ1) is 12.1. The molecule has 0 aliphatic carbocycles. The minimum Gasteiger partial charge on any atom is -0.493 e. The van der Waals surface area contributed by atoms with Crippen molar-refractivity contribution < 1.29 is 9.53 Å². The zero-order valence-corrected chi connectivity index (χ0v) is 11.4. The second kappa shape index (κ2) is 4.70. The van der Waals surface area contributed by atoms with E-state index in [1.807, 2.05) is 48.5 Å². The number of carbonyl (C=O) groups excluding carboxylic acids is 1. The van der Waals surface area contributed by atoms with Crippen molar-refractivity contribution in [1.29, 1.82) is 0 Å². The number of nitrogens with zero attached hydrogens (tertiary/aromatic N) is 1. The molecule has 0 saturated carbocycles. The van der Waals surface area contributed by atoms with E-state index in [0.717, 1.165) is 28.6 Å². The fraction of sp³-hybridized carbons (Fsp3) is 0.111. The summed E-state index contributed by atoms with van der Waals surface area (Å²) in [7, 11) is 0. The molecule has 0 saturated heterocycles. The van der Waals surface area contributed by atoms with Crippen molar-refractivity contribution >= 4 is 16.7 Å². The monoisotopic (exact) mass is 275 g/mol. The quantitative estimate of drug-likeness (QED) is 0.673. The lowest BCUT2D eigenvalue weighted by Crippen LogP contribution is -2.04. The molecule has 102 valence electrons. The number of fused-ring (bicyclic) bond motifs is 2. The van der Waals surface area contributed by atoms with Gasteiger partial charge >= 0.3 is 0 Å². The Hall–Kier alpha value is -2.68. The number of aromatic nitrogens is 1. The Morgan fingerprint density at radius 1 is 1.05 bits per heavy atom. The van der Waals surface area contributed by atoms with Crippen LogP contribution in [0.15, 0.2) is 54.6 Å². The van der Waals surface area contributed by atoms with Crippen molar-refractivity contribution in [1.82, 2.24) is 4.98 Å². The van der Waals surface area contributed by atoms with E-state index in [4.69, 9.17) is 4.74 Å². The lowest BCUT2D eigenvalue weighted by atomic mass is 10.0. The molecule has 0 N–H and O–H groups in total. The van der Waals surface area contributed by atoms with E-state index >= 15 is 0 Å². The molecule has 3 heteroatoms. The highest BCUT2D eigenvalue weighted by Gasteiger charge is 2.17. The van der Waals surface area contributed by atoms with Gasteiger partial charge in [-0.3, -0.25) is 4.79 Å². The Kier molecular flexibility index (Phi) is 2.71. The maximum Gasteiger partial charge on any atom is 0.211 e. The second-order valence-corrected chi connectivity index (χ2v) is 5.14. The number of rotatable bonds is 2. The molecule has 1 aliphatic heterocycles. The lowest BCUT2D eigenvalue weighted by molar-refractivity contribution is 0.103. The summed E-state index contributed by atoms with van der Waals surface area (Å²) in [4.78, 5) is 17.1. The summed E-state index contributed by atoms with van der Waals surface area (Å²) in [5.41, 5.74) is 3.09. The van der Waals surface area contributed by atoms with Crippen molar-refractivity contribution in [2.45, 2.75) is 6.42 Å². The van der Waals surface area contributed by atoms with Gasteiger partial charge in [0.15, 0.2) is 0 Å². The molecule has 21 heavy (non-hydrogen) atoms. The van der Waals surface area contributed by atoms with Gasteiger partial charge in [-0.25, -0.2) is 4.98 Å². The Bertz CT molecular complexity index is 855. The van der Waals surface area contributed by atoms with Crippen molar-refractivity contribution in [2.24, 2.45) is 0 Å². The highest BCUT2D eigenvalue weighted by molar-refractivity contribution is 6.08. The number of ketones is 1. The first-order valence-electron chi connectivity index (χ1n) is 6.97. The summed E-state index contributed by atoms with van der Waals surface area (Å²) in [6, 6.07) is 17.1. The molecule has 4 rings (SSSR count). The van der Waals surface area contributed by atoms with Crippen molar-refractivity contribution in [3.05, 3.63) is 71.4 Å². The minimum atomic E-state index is -0.0459. The van der Waals surface area contributed by atoms with Crippen LogP contribution in [-0.2, 0) is 6.42 Å². The van der Waals surface area contributed by atoms with E-state index in [1.165, 1.54) is 0 Å². The molecule has 0 atom stereocenters. The summed E-state index contributed by atoms with van der Waals surface area (Å²) in [5, 5.41) is 1.04. The standard InChI is InChI=1S/C18H13NO2/c20-18(14-6-8-17-13(11-14)9-10-21-17)16-7-5-12-3-1-2-4-15(12)19-16/h1-8,11H,9-10H2. The third kappa shape index (κ3) is 2.07. The molecule has 3 nitrogen and oxygen atoms in total. The van der Waals surface area contributed by atoms with Crippen molar-refractivity contribution in [3.8, 4) is 5.75 Å². The van der Waals surface area contributed by atoms with E-state index in [0.29, 0.717) is 17.9 Å². The first-order valence-corrected chi connectivity index (χ1v) is 6.97. The molecule has 0 amide bonds. The molecule has 1 aliphatic rings. The van der Waals surface area contributed by atoms with Gasteiger partial charge in [-0.15, -0.1) is 0 Å². The number of carbonyl (C=O) groups is 1. The number of ether oxygens (including phenoxy) is 1. The average molecular weight is 275 g/mol. The zero-order chi connectivity index (χ0) is 14.2. The summed E-state index contributed by atoms with van der Waals surface area (Å²) < 4.78 is 5.47. The van der Waals surface area contributed by atoms with Gasteiger partial charge in [0.05, 0.1) is 12.1 Å². The van der Waals surface area contributed by atoms with E-state index in [-0.39, 0.29) is 5.78 Å². The molecular formula is C18H13NO2. The van der Waals surface area contributed by atoms with Crippen LogP contribution in [0.2, 0.25) is 0 Å². The highest BCUT2D eigenvalue weighted by Crippen LogP contribution is 2.26. The van der Waals surface area contributed by atoms with Gasteiger partial charge in [-0.2, -0.15) is 0 Å². The van der Waals surface area contributed by atoms with Gasteiger partial charge in [-0.05, 0) is 35.9 Å². The smallest absolute Gasteiger partial charge is 0.211 e. The number of pyridine rings is 1. The Labute approximate surface area is 122 Å². The maximum atomic E-state index is 12.6. The third-order valence-corrected chi connectivity index (χ3v) is 3.78. The first-order chi connectivity index (χ1) is 10.3. The highest BCUT2D eigenvalue weighted by atomic mass is 16.5. The van der Waals surface area contributed by atoms with Gasteiger partial charge in [-0.1, -0.05) is 24.3 Å². The van der Waals surface area contributed by atoms with Crippen LogP contribution in [0.5, 0.6) is 5.75 Å². The predicted octanol–water partition coefficient (Wildman–Crippen LogP) is 3.40. The van der Waals surface area contributed by atoms with Crippen LogP contribution in [0.1, 0.15) is 21.6 Å². The fourth-order valence-electron chi connectivity index (χ4n) is 2.67. The Balaban J connectivity index is 1.75. The molecule has 0 fully saturated rings. The van der Waals surface area contributed by atoms with Crippen molar-refractivity contribution in [3.63, 3.8) is 0 Å². The third-order valence-electron chi connectivity index (χ3n) is 3.78. The number of benzene rings is 2. The second-order valence-electron chi connectivity index (χ2n) is 5.14. The maximum absolute atomic E-state index is 12.6. The van der Waals surface area contributed by atoms with Crippen LogP contribution in [0.3, 0.4) is 0 Å². The van der Waals surface area contributed by atoms with E-state index in [1.54, 1.807) is 6.07 Å². The van der Waals surface area contributed by atoms with Gasteiger partial charge in [0.1, 0.15) is 11.4 Å². The topological polar surface area (TPSA) is 39.2 Å². The molecule has 0 spiro atoms. The molecule has 2 aromatic carbocycles. The molecule has 0 radical (unpaired) electrons. The van der Waals surface area contributed by atoms with E-state index < -0.39 is 0 Å². The van der Waals surface area contributed by atoms with Crippen LogP contribution in [-0.4, -0.2) is 17.4 Å². The molecular weight excluding hydrogens is 262 g/mol. The normalized spacial score (nSPS) is 13.0. The molecule has 3 aromatic rings. The Morgan fingerprint density at radius 2 is 1.95 bits per heavy atom. The number of hydrogen-bond acceptors (Lipinski definition) is 3.